The predicted molar refractivity (Wildman–Crippen MR) is 67.9 cm³/mol. The molecule has 4 nitrogen and oxygen atoms in total. The maximum atomic E-state index is 12.2. The van der Waals surface area contributed by atoms with Crippen molar-refractivity contribution in [2.45, 2.75) is 32.8 Å². The Balaban J connectivity index is 2.05. The van der Waals surface area contributed by atoms with Gasteiger partial charge in [-0.2, -0.15) is 0 Å². The fraction of sp³-hybridized carbons (Fsp3) is 0.571. The first kappa shape index (κ1) is 13.0. The van der Waals surface area contributed by atoms with E-state index in [1.54, 1.807) is 18.5 Å². The summed E-state index contributed by atoms with van der Waals surface area (Å²) in [5.74, 6) is 0.728. The van der Waals surface area contributed by atoms with E-state index in [4.69, 9.17) is 9.47 Å². The van der Waals surface area contributed by atoms with E-state index >= 15 is 0 Å². The van der Waals surface area contributed by atoms with E-state index in [2.05, 4.69) is 4.98 Å². The number of hydrogen-bond donors (Lipinski definition) is 0. The summed E-state index contributed by atoms with van der Waals surface area (Å²) in [6.07, 6.45) is 5.14. The van der Waals surface area contributed by atoms with Gasteiger partial charge in [-0.1, -0.05) is 6.92 Å². The number of ketones is 1. The van der Waals surface area contributed by atoms with Gasteiger partial charge in [0.25, 0.3) is 0 Å². The summed E-state index contributed by atoms with van der Waals surface area (Å²) in [5, 5.41) is 0. The van der Waals surface area contributed by atoms with E-state index in [1.807, 2.05) is 13.8 Å². The first-order chi connectivity index (χ1) is 8.70. The molecule has 1 aliphatic heterocycles. The first-order valence-corrected chi connectivity index (χ1v) is 6.44. The van der Waals surface area contributed by atoms with Crippen LogP contribution in [-0.2, 0) is 4.74 Å². The molecule has 0 amide bonds. The van der Waals surface area contributed by atoms with Crippen molar-refractivity contribution in [1.29, 1.82) is 0 Å². The highest BCUT2D eigenvalue weighted by Gasteiger charge is 2.29. The zero-order chi connectivity index (χ0) is 13.0. The minimum atomic E-state index is -0.0387. The number of hydrogen-bond acceptors (Lipinski definition) is 4. The summed E-state index contributed by atoms with van der Waals surface area (Å²) in [5.41, 5.74) is 0.617. The van der Waals surface area contributed by atoms with Gasteiger partial charge in [0.2, 0.25) is 0 Å². The van der Waals surface area contributed by atoms with Crippen molar-refractivity contribution >= 4 is 5.78 Å². The molecule has 1 aliphatic rings. The number of nitrogens with zero attached hydrogens (tertiary/aromatic N) is 1. The molecule has 0 radical (unpaired) electrons. The first-order valence-electron chi connectivity index (χ1n) is 6.44. The van der Waals surface area contributed by atoms with Gasteiger partial charge in [-0.05, 0) is 25.8 Å². The lowest BCUT2D eigenvalue weighted by Crippen LogP contribution is -2.15. The van der Waals surface area contributed by atoms with Crippen LogP contribution in [0.15, 0.2) is 18.5 Å². The van der Waals surface area contributed by atoms with Gasteiger partial charge >= 0.3 is 0 Å². The second-order valence-electron chi connectivity index (χ2n) is 4.70. The van der Waals surface area contributed by atoms with E-state index in [0.717, 1.165) is 12.8 Å². The number of Topliss-reactive ketones (excluding diaryl/α,β-unsaturated/α-hetero) is 1. The van der Waals surface area contributed by atoms with E-state index < -0.39 is 0 Å². The number of rotatable bonds is 5. The van der Waals surface area contributed by atoms with Crippen molar-refractivity contribution in [3.8, 4) is 5.75 Å². The topological polar surface area (TPSA) is 48.4 Å². The molecule has 18 heavy (non-hydrogen) atoms. The van der Waals surface area contributed by atoms with Crippen molar-refractivity contribution in [2.75, 3.05) is 13.2 Å². The van der Waals surface area contributed by atoms with Crippen molar-refractivity contribution in [1.82, 2.24) is 4.98 Å². The number of pyridine rings is 1. The SMILES string of the molecule is CCCOc1cncc(C(=O)C2COC(C)C2)c1. The molecule has 0 spiro atoms. The molecule has 0 bridgehead atoms. The molecular weight excluding hydrogens is 230 g/mol. The average molecular weight is 249 g/mol. The molecule has 1 fully saturated rings. The monoisotopic (exact) mass is 249 g/mol. The predicted octanol–water partition coefficient (Wildman–Crippen LogP) is 2.48. The van der Waals surface area contributed by atoms with Crippen molar-refractivity contribution < 1.29 is 14.3 Å². The summed E-state index contributed by atoms with van der Waals surface area (Å²) < 4.78 is 10.9. The normalized spacial score (nSPS) is 23.0. The van der Waals surface area contributed by atoms with E-state index in [0.29, 0.717) is 24.5 Å². The van der Waals surface area contributed by atoms with E-state index in [-0.39, 0.29) is 17.8 Å². The van der Waals surface area contributed by atoms with Crippen LogP contribution in [0.3, 0.4) is 0 Å². The molecule has 1 saturated heterocycles. The van der Waals surface area contributed by atoms with Crippen molar-refractivity contribution in [2.24, 2.45) is 5.92 Å². The van der Waals surface area contributed by atoms with Crippen LogP contribution in [0, 0.1) is 5.92 Å². The third kappa shape index (κ3) is 3.07. The molecule has 1 aromatic heterocycles. The third-order valence-electron chi connectivity index (χ3n) is 3.04. The Morgan fingerprint density at radius 2 is 2.39 bits per heavy atom. The minimum absolute atomic E-state index is 0.0387. The van der Waals surface area contributed by atoms with Crippen LogP contribution in [0.4, 0.5) is 0 Å². The zero-order valence-electron chi connectivity index (χ0n) is 10.9. The van der Waals surface area contributed by atoms with Crippen LogP contribution in [0.25, 0.3) is 0 Å². The lowest BCUT2D eigenvalue weighted by atomic mass is 9.96. The van der Waals surface area contributed by atoms with Crippen LogP contribution in [0.2, 0.25) is 0 Å². The Hall–Kier alpha value is -1.42. The lowest BCUT2D eigenvalue weighted by Gasteiger charge is -2.08. The highest BCUT2D eigenvalue weighted by molar-refractivity contribution is 5.98. The quantitative estimate of drug-likeness (QED) is 0.752. The number of carbonyl (C=O) groups excluding carboxylic acids is 1. The maximum absolute atomic E-state index is 12.2. The Bertz CT molecular complexity index is 419. The van der Waals surface area contributed by atoms with Crippen LogP contribution in [0.1, 0.15) is 37.0 Å². The third-order valence-corrected chi connectivity index (χ3v) is 3.04. The molecule has 0 aliphatic carbocycles. The van der Waals surface area contributed by atoms with E-state index in [9.17, 15) is 4.79 Å². The Labute approximate surface area is 107 Å². The smallest absolute Gasteiger partial charge is 0.170 e. The molecule has 0 aromatic carbocycles. The average Bonchev–Trinajstić information content (AvgIpc) is 2.82. The van der Waals surface area contributed by atoms with Gasteiger partial charge in [0.05, 0.1) is 25.5 Å². The van der Waals surface area contributed by atoms with Crippen LogP contribution >= 0.6 is 0 Å². The Kier molecular flexibility index (Phi) is 4.31. The molecule has 2 heterocycles. The molecular formula is C14H19NO3. The largest absolute Gasteiger partial charge is 0.492 e. The van der Waals surface area contributed by atoms with Gasteiger partial charge in [-0.15, -0.1) is 0 Å². The number of carbonyl (C=O) groups is 1. The number of ether oxygens (including phenoxy) is 2. The van der Waals surface area contributed by atoms with Crippen LogP contribution in [0.5, 0.6) is 5.75 Å². The van der Waals surface area contributed by atoms with Gasteiger partial charge < -0.3 is 9.47 Å². The van der Waals surface area contributed by atoms with Crippen molar-refractivity contribution in [3.63, 3.8) is 0 Å². The molecule has 2 unspecified atom stereocenters. The molecule has 1 aromatic rings. The summed E-state index contributed by atoms with van der Waals surface area (Å²) in [6, 6.07) is 1.77. The Morgan fingerprint density at radius 3 is 3.06 bits per heavy atom. The molecule has 2 rings (SSSR count). The molecule has 2 atom stereocenters. The highest BCUT2D eigenvalue weighted by atomic mass is 16.5. The molecule has 0 saturated carbocycles. The summed E-state index contributed by atoms with van der Waals surface area (Å²) >= 11 is 0. The second kappa shape index (κ2) is 5.96. The van der Waals surface area contributed by atoms with Crippen molar-refractivity contribution in [3.05, 3.63) is 24.0 Å². The lowest BCUT2D eigenvalue weighted by molar-refractivity contribution is 0.0877. The van der Waals surface area contributed by atoms with Gasteiger partial charge in [0.15, 0.2) is 5.78 Å². The van der Waals surface area contributed by atoms with Crippen LogP contribution in [-0.4, -0.2) is 30.1 Å². The van der Waals surface area contributed by atoms with Crippen LogP contribution < -0.4 is 4.74 Å². The highest BCUT2D eigenvalue weighted by Crippen LogP contribution is 2.24. The maximum Gasteiger partial charge on any atom is 0.170 e. The van der Waals surface area contributed by atoms with Gasteiger partial charge in [0.1, 0.15) is 5.75 Å². The fourth-order valence-electron chi connectivity index (χ4n) is 2.09. The van der Waals surface area contributed by atoms with Gasteiger partial charge in [-0.25, -0.2) is 0 Å². The standard InChI is InChI=1S/C14H19NO3/c1-3-4-17-13-6-11(7-15-8-13)14(16)12-5-10(2)18-9-12/h6-8,10,12H,3-5,9H2,1-2H3. The summed E-state index contributed by atoms with van der Waals surface area (Å²) in [7, 11) is 0. The zero-order valence-corrected chi connectivity index (χ0v) is 10.9. The fourth-order valence-corrected chi connectivity index (χ4v) is 2.09. The van der Waals surface area contributed by atoms with E-state index in [1.165, 1.54) is 0 Å². The molecule has 98 valence electrons. The molecule has 4 heteroatoms. The minimum Gasteiger partial charge on any atom is -0.492 e. The summed E-state index contributed by atoms with van der Waals surface area (Å²) in [4.78, 5) is 16.3. The number of aromatic nitrogens is 1. The summed E-state index contributed by atoms with van der Waals surface area (Å²) in [6.45, 7) is 5.19. The second-order valence-corrected chi connectivity index (χ2v) is 4.70. The Morgan fingerprint density at radius 1 is 1.56 bits per heavy atom. The van der Waals surface area contributed by atoms with Gasteiger partial charge in [-0.3, -0.25) is 9.78 Å². The van der Waals surface area contributed by atoms with Gasteiger partial charge in [0, 0.05) is 17.7 Å². The molecule has 0 N–H and O–H groups in total.